The summed E-state index contributed by atoms with van der Waals surface area (Å²) < 4.78 is 14.4. The zero-order valence-corrected chi connectivity index (χ0v) is 9.20. The second-order valence-corrected chi connectivity index (χ2v) is 3.31. The number of carbonyl (C=O) groups is 2. The van der Waals surface area contributed by atoms with Gasteiger partial charge in [0.25, 0.3) is 0 Å². The molecule has 0 radical (unpaired) electrons. The number of ether oxygens (including phenoxy) is 3. The van der Waals surface area contributed by atoms with Crippen LogP contribution in [0.25, 0.3) is 0 Å². The van der Waals surface area contributed by atoms with Gasteiger partial charge < -0.3 is 14.2 Å². The van der Waals surface area contributed by atoms with Crippen molar-refractivity contribution in [2.24, 2.45) is 5.92 Å². The van der Waals surface area contributed by atoms with Crippen LogP contribution < -0.4 is 0 Å². The molecule has 0 aromatic rings. The zero-order chi connectivity index (χ0) is 11.6. The monoisotopic (exact) mass is 214 g/mol. The molecule has 0 N–H and O–H groups in total. The third-order valence-electron chi connectivity index (χ3n) is 2.43. The highest BCUT2D eigenvalue weighted by molar-refractivity contribution is 5.92. The zero-order valence-electron chi connectivity index (χ0n) is 9.20. The topological polar surface area (TPSA) is 61.8 Å². The number of hydrogen-bond donors (Lipinski definition) is 0. The predicted molar refractivity (Wildman–Crippen MR) is 50.8 cm³/mol. The highest BCUT2D eigenvalue weighted by atomic mass is 16.6. The van der Waals surface area contributed by atoms with E-state index in [1.54, 1.807) is 13.8 Å². The van der Waals surface area contributed by atoms with Gasteiger partial charge in [0.2, 0.25) is 6.10 Å². The van der Waals surface area contributed by atoms with Crippen molar-refractivity contribution in [2.75, 3.05) is 14.2 Å². The fourth-order valence-corrected chi connectivity index (χ4v) is 1.64. The van der Waals surface area contributed by atoms with Gasteiger partial charge >= 0.3 is 11.9 Å². The van der Waals surface area contributed by atoms with Gasteiger partial charge in [0.15, 0.2) is 0 Å². The highest BCUT2D eigenvalue weighted by Crippen LogP contribution is 2.32. The first kappa shape index (κ1) is 11.6. The molecule has 0 saturated carbocycles. The lowest BCUT2D eigenvalue weighted by Crippen LogP contribution is -2.29. The summed E-state index contributed by atoms with van der Waals surface area (Å²) in [6.07, 6.45) is -0.746. The van der Waals surface area contributed by atoms with Gasteiger partial charge in [-0.25, -0.2) is 9.59 Å². The summed E-state index contributed by atoms with van der Waals surface area (Å²) in [5.41, 5.74) is 0.396. The molecular weight excluding hydrogens is 200 g/mol. The second kappa shape index (κ2) is 4.33. The first-order valence-electron chi connectivity index (χ1n) is 4.56. The third-order valence-corrected chi connectivity index (χ3v) is 2.43. The van der Waals surface area contributed by atoms with Crippen LogP contribution in [-0.4, -0.2) is 32.3 Å². The lowest BCUT2D eigenvalue weighted by Gasteiger charge is -2.13. The van der Waals surface area contributed by atoms with Gasteiger partial charge in [-0.1, -0.05) is 6.92 Å². The molecule has 2 atom stereocenters. The Morgan fingerprint density at radius 2 is 1.87 bits per heavy atom. The quantitative estimate of drug-likeness (QED) is 0.631. The first-order chi connectivity index (χ1) is 7.02. The Kier molecular flexibility index (Phi) is 3.34. The van der Waals surface area contributed by atoms with Gasteiger partial charge in [0.05, 0.1) is 19.8 Å². The van der Waals surface area contributed by atoms with E-state index in [0.29, 0.717) is 11.3 Å². The standard InChI is InChI=1S/C10H14O5/c1-5-7(9(11)13-3)6(2)15-8(5)10(12)14-4/h5,8H,1-4H3. The van der Waals surface area contributed by atoms with Crippen LogP contribution in [-0.2, 0) is 23.8 Å². The molecule has 15 heavy (non-hydrogen) atoms. The molecule has 0 fully saturated rings. The minimum atomic E-state index is -0.746. The predicted octanol–water partition coefficient (Wildman–Crippen LogP) is 0.641. The van der Waals surface area contributed by atoms with Crippen LogP contribution in [0.2, 0.25) is 0 Å². The average Bonchev–Trinajstić information content (AvgIpc) is 2.52. The maximum atomic E-state index is 11.4. The average molecular weight is 214 g/mol. The summed E-state index contributed by atoms with van der Waals surface area (Å²) in [4.78, 5) is 22.7. The Labute approximate surface area is 88.0 Å². The third kappa shape index (κ3) is 1.95. The van der Waals surface area contributed by atoms with E-state index in [9.17, 15) is 9.59 Å². The van der Waals surface area contributed by atoms with E-state index in [-0.39, 0.29) is 5.92 Å². The number of carbonyl (C=O) groups excluding carboxylic acids is 2. The first-order valence-corrected chi connectivity index (χ1v) is 4.56. The van der Waals surface area contributed by atoms with E-state index in [0.717, 1.165) is 0 Å². The Bertz CT molecular complexity index is 318. The van der Waals surface area contributed by atoms with Crippen LogP contribution in [0.15, 0.2) is 11.3 Å². The largest absolute Gasteiger partial charge is 0.482 e. The summed E-state index contributed by atoms with van der Waals surface area (Å²) in [5.74, 6) is -0.873. The molecule has 1 aliphatic rings. The molecule has 84 valence electrons. The van der Waals surface area contributed by atoms with Crippen molar-refractivity contribution < 1.29 is 23.8 Å². The van der Waals surface area contributed by atoms with Crippen molar-refractivity contribution in [3.8, 4) is 0 Å². The summed E-state index contributed by atoms with van der Waals surface area (Å²) in [6.45, 7) is 3.36. The van der Waals surface area contributed by atoms with E-state index in [1.807, 2.05) is 0 Å². The fraction of sp³-hybridized carbons (Fsp3) is 0.600. The molecule has 5 heteroatoms. The van der Waals surface area contributed by atoms with Gasteiger partial charge in [-0.2, -0.15) is 0 Å². The Morgan fingerprint density at radius 1 is 1.27 bits per heavy atom. The molecule has 0 amide bonds. The van der Waals surface area contributed by atoms with Crippen molar-refractivity contribution in [3.05, 3.63) is 11.3 Å². The van der Waals surface area contributed by atoms with E-state index >= 15 is 0 Å². The van der Waals surface area contributed by atoms with Crippen molar-refractivity contribution in [1.82, 2.24) is 0 Å². The minimum absolute atomic E-state index is 0.343. The van der Waals surface area contributed by atoms with Crippen molar-refractivity contribution in [3.63, 3.8) is 0 Å². The molecule has 0 aromatic carbocycles. The molecule has 5 nitrogen and oxygen atoms in total. The lowest BCUT2D eigenvalue weighted by molar-refractivity contribution is -0.152. The van der Waals surface area contributed by atoms with Crippen LogP contribution in [0.5, 0.6) is 0 Å². The fourth-order valence-electron chi connectivity index (χ4n) is 1.64. The van der Waals surface area contributed by atoms with Crippen LogP contribution in [0, 0.1) is 5.92 Å². The van der Waals surface area contributed by atoms with E-state index in [1.165, 1.54) is 14.2 Å². The highest BCUT2D eigenvalue weighted by Gasteiger charge is 2.41. The molecule has 1 aliphatic heterocycles. The van der Waals surface area contributed by atoms with Gasteiger partial charge in [0.1, 0.15) is 5.76 Å². The van der Waals surface area contributed by atoms with E-state index in [2.05, 4.69) is 9.47 Å². The van der Waals surface area contributed by atoms with Crippen LogP contribution >= 0.6 is 0 Å². The number of methoxy groups -OCH3 is 2. The number of rotatable bonds is 2. The van der Waals surface area contributed by atoms with Gasteiger partial charge in [-0.15, -0.1) is 0 Å². The van der Waals surface area contributed by atoms with Crippen molar-refractivity contribution in [2.45, 2.75) is 20.0 Å². The van der Waals surface area contributed by atoms with Crippen LogP contribution in [0.1, 0.15) is 13.8 Å². The van der Waals surface area contributed by atoms with Crippen LogP contribution in [0.4, 0.5) is 0 Å². The lowest BCUT2D eigenvalue weighted by atomic mass is 9.97. The molecule has 0 bridgehead atoms. The SMILES string of the molecule is COC(=O)C1=C(C)OC(C(=O)OC)C1C. The molecule has 0 spiro atoms. The smallest absolute Gasteiger partial charge is 0.347 e. The summed E-state index contributed by atoms with van der Waals surface area (Å²) in [5, 5.41) is 0. The number of allylic oxidation sites excluding steroid dienone is 1. The Balaban J connectivity index is 2.88. The molecule has 1 rings (SSSR count). The second-order valence-electron chi connectivity index (χ2n) is 3.31. The maximum Gasteiger partial charge on any atom is 0.347 e. The molecular formula is C10H14O5. The summed E-state index contributed by atoms with van der Waals surface area (Å²) in [7, 11) is 2.57. The minimum Gasteiger partial charge on any atom is -0.482 e. The van der Waals surface area contributed by atoms with Gasteiger partial charge in [-0.05, 0) is 6.92 Å². The number of hydrogen-bond acceptors (Lipinski definition) is 5. The maximum absolute atomic E-state index is 11.4. The number of esters is 2. The van der Waals surface area contributed by atoms with E-state index < -0.39 is 18.0 Å². The van der Waals surface area contributed by atoms with Crippen molar-refractivity contribution in [1.29, 1.82) is 0 Å². The van der Waals surface area contributed by atoms with Gasteiger partial charge in [0, 0.05) is 5.92 Å². The molecule has 0 aromatic heterocycles. The molecule has 2 unspecified atom stereocenters. The van der Waals surface area contributed by atoms with Gasteiger partial charge in [-0.3, -0.25) is 0 Å². The van der Waals surface area contributed by atoms with Crippen LogP contribution in [0.3, 0.4) is 0 Å². The molecule has 0 aliphatic carbocycles. The Hall–Kier alpha value is -1.52. The van der Waals surface area contributed by atoms with E-state index in [4.69, 9.17) is 4.74 Å². The summed E-state index contributed by atoms with van der Waals surface area (Å²) in [6, 6.07) is 0. The normalized spacial score (nSPS) is 24.8. The van der Waals surface area contributed by atoms with Crippen molar-refractivity contribution >= 4 is 11.9 Å². The molecule has 0 saturated heterocycles. The Morgan fingerprint density at radius 3 is 2.33 bits per heavy atom. The molecule has 1 heterocycles. The summed E-state index contributed by atoms with van der Waals surface area (Å²) >= 11 is 0.